The van der Waals surface area contributed by atoms with E-state index in [0.29, 0.717) is 18.1 Å². The summed E-state index contributed by atoms with van der Waals surface area (Å²) >= 11 is 0. The van der Waals surface area contributed by atoms with E-state index in [4.69, 9.17) is 14.6 Å². The van der Waals surface area contributed by atoms with Crippen molar-refractivity contribution in [2.45, 2.75) is 13.5 Å². The number of carboxylic acids is 1. The van der Waals surface area contributed by atoms with Crippen LogP contribution in [0.1, 0.15) is 21.6 Å². The van der Waals surface area contributed by atoms with Crippen LogP contribution in [0.15, 0.2) is 30.3 Å². The first-order valence-corrected chi connectivity index (χ1v) is 6.46. The number of nitrogens with zero attached hydrogens (tertiary/aromatic N) is 1. The first-order chi connectivity index (χ1) is 10.1. The summed E-state index contributed by atoms with van der Waals surface area (Å²) in [5.74, 6) is 1.02. The zero-order valence-corrected chi connectivity index (χ0v) is 11.4. The predicted octanol–water partition coefficient (Wildman–Crippen LogP) is 2.43. The van der Waals surface area contributed by atoms with Crippen LogP contribution in [0.4, 0.5) is 5.82 Å². The van der Waals surface area contributed by atoms with Gasteiger partial charge in [0.15, 0.2) is 11.5 Å². The standard InChI is InChI=1S/C15H14N2O4/c1-9-4-11(15(18)19)6-14(17-9)16-7-10-2-3-12-13(5-10)21-8-20-12/h2-6H,7-8H2,1H3,(H,16,17)(H,18,19). The van der Waals surface area contributed by atoms with E-state index in [-0.39, 0.29) is 12.4 Å². The molecule has 6 heteroatoms. The predicted molar refractivity (Wildman–Crippen MR) is 75.8 cm³/mol. The van der Waals surface area contributed by atoms with E-state index >= 15 is 0 Å². The highest BCUT2D eigenvalue weighted by Crippen LogP contribution is 2.32. The third-order valence-corrected chi connectivity index (χ3v) is 3.11. The lowest BCUT2D eigenvalue weighted by Crippen LogP contribution is -2.05. The number of hydrogen-bond acceptors (Lipinski definition) is 5. The van der Waals surface area contributed by atoms with Gasteiger partial charge >= 0.3 is 5.97 Å². The van der Waals surface area contributed by atoms with Crippen LogP contribution in [-0.4, -0.2) is 22.9 Å². The molecule has 0 spiro atoms. The van der Waals surface area contributed by atoms with Crippen molar-refractivity contribution in [2.75, 3.05) is 12.1 Å². The largest absolute Gasteiger partial charge is 0.478 e. The third kappa shape index (κ3) is 2.89. The fourth-order valence-electron chi connectivity index (χ4n) is 2.13. The molecule has 6 nitrogen and oxygen atoms in total. The number of carbonyl (C=O) groups is 1. The van der Waals surface area contributed by atoms with Crippen LogP contribution in [0, 0.1) is 6.92 Å². The fraction of sp³-hybridized carbons (Fsp3) is 0.200. The Morgan fingerprint density at radius 3 is 2.90 bits per heavy atom. The number of aromatic carboxylic acids is 1. The summed E-state index contributed by atoms with van der Waals surface area (Å²) in [5.41, 5.74) is 1.87. The van der Waals surface area contributed by atoms with Crippen LogP contribution in [-0.2, 0) is 6.54 Å². The summed E-state index contributed by atoms with van der Waals surface area (Å²) in [4.78, 5) is 15.3. The van der Waals surface area contributed by atoms with Crippen LogP contribution < -0.4 is 14.8 Å². The number of aromatic nitrogens is 1. The van der Waals surface area contributed by atoms with Gasteiger partial charge in [-0.25, -0.2) is 9.78 Å². The van der Waals surface area contributed by atoms with Gasteiger partial charge in [-0.3, -0.25) is 0 Å². The monoisotopic (exact) mass is 286 g/mol. The molecule has 21 heavy (non-hydrogen) atoms. The summed E-state index contributed by atoms with van der Waals surface area (Å²) < 4.78 is 10.6. The Hall–Kier alpha value is -2.76. The van der Waals surface area contributed by atoms with Gasteiger partial charge in [0.25, 0.3) is 0 Å². The molecular weight excluding hydrogens is 272 g/mol. The molecule has 0 atom stereocenters. The Balaban J connectivity index is 1.74. The quantitative estimate of drug-likeness (QED) is 0.898. The minimum atomic E-state index is -0.966. The maximum absolute atomic E-state index is 11.0. The number of rotatable bonds is 4. The molecule has 0 unspecified atom stereocenters. The van der Waals surface area contributed by atoms with Gasteiger partial charge in [-0.1, -0.05) is 6.07 Å². The minimum absolute atomic E-state index is 0.218. The Morgan fingerprint density at radius 1 is 1.29 bits per heavy atom. The maximum Gasteiger partial charge on any atom is 0.335 e. The number of anilines is 1. The van der Waals surface area contributed by atoms with Crippen molar-refractivity contribution >= 4 is 11.8 Å². The first-order valence-electron chi connectivity index (χ1n) is 6.46. The Bertz CT molecular complexity index is 700. The number of fused-ring (bicyclic) bond motifs is 1. The van der Waals surface area contributed by atoms with E-state index in [1.54, 1.807) is 6.92 Å². The van der Waals surface area contributed by atoms with Crippen molar-refractivity contribution in [3.05, 3.63) is 47.2 Å². The number of nitrogens with one attached hydrogen (secondary N) is 1. The molecule has 1 aromatic carbocycles. The van der Waals surface area contributed by atoms with E-state index in [2.05, 4.69) is 10.3 Å². The van der Waals surface area contributed by atoms with Crippen LogP contribution in [0.3, 0.4) is 0 Å². The lowest BCUT2D eigenvalue weighted by atomic mass is 10.2. The van der Waals surface area contributed by atoms with Gasteiger partial charge in [-0.2, -0.15) is 0 Å². The summed E-state index contributed by atoms with van der Waals surface area (Å²) in [6.07, 6.45) is 0. The van der Waals surface area contributed by atoms with Gasteiger partial charge < -0.3 is 19.9 Å². The van der Waals surface area contributed by atoms with Crippen molar-refractivity contribution in [3.63, 3.8) is 0 Å². The van der Waals surface area contributed by atoms with Crippen LogP contribution in [0.25, 0.3) is 0 Å². The van der Waals surface area contributed by atoms with Crippen molar-refractivity contribution in [3.8, 4) is 11.5 Å². The number of carboxylic acid groups (broad SMARTS) is 1. The van der Waals surface area contributed by atoms with Crippen molar-refractivity contribution in [1.29, 1.82) is 0 Å². The summed E-state index contributed by atoms with van der Waals surface area (Å²) in [5, 5.41) is 12.2. The summed E-state index contributed by atoms with van der Waals surface area (Å²) in [7, 11) is 0. The van der Waals surface area contributed by atoms with Gasteiger partial charge in [-0.15, -0.1) is 0 Å². The zero-order valence-electron chi connectivity index (χ0n) is 11.4. The lowest BCUT2D eigenvalue weighted by Gasteiger charge is -2.08. The number of aryl methyl sites for hydroxylation is 1. The molecular formula is C15H14N2O4. The molecule has 0 radical (unpaired) electrons. The Morgan fingerprint density at radius 2 is 2.10 bits per heavy atom. The van der Waals surface area contributed by atoms with E-state index in [1.165, 1.54) is 12.1 Å². The molecule has 3 rings (SSSR count). The molecule has 2 heterocycles. The highest BCUT2D eigenvalue weighted by atomic mass is 16.7. The average Bonchev–Trinajstić information content (AvgIpc) is 2.92. The van der Waals surface area contributed by atoms with Crippen LogP contribution >= 0.6 is 0 Å². The molecule has 0 amide bonds. The highest BCUT2D eigenvalue weighted by molar-refractivity contribution is 5.88. The van der Waals surface area contributed by atoms with Gasteiger partial charge in [0.05, 0.1) is 5.56 Å². The molecule has 0 bridgehead atoms. The molecule has 0 aliphatic carbocycles. The Kier molecular flexibility index (Phi) is 3.35. The van der Waals surface area contributed by atoms with Crippen LogP contribution in [0.2, 0.25) is 0 Å². The fourth-order valence-corrected chi connectivity index (χ4v) is 2.13. The SMILES string of the molecule is Cc1cc(C(=O)O)cc(NCc2ccc3c(c2)OCO3)n1. The second-order valence-corrected chi connectivity index (χ2v) is 4.73. The molecule has 1 aromatic heterocycles. The Labute approximate surface area is 121 Å². The minimum Gasteiger partial charge on any atom is -0.478 e. The number of hydrogen-bond donors (Lipinski definition) is 2. The van der Waals surface area contributed by atoms with E-state index in [9.17, 15) is 4.79 Å². The third-order valence-electron chi connectivity index (χ3n) is 3.11. The van der Waals surface area contributed by atoms with Gasteiger partial charge in [0, 0.05) is 12.2 Å². The van der Waals surface area contributed by atoms with E-state index < -0.39 is 5.97 Å². The smallest absolute Gasteiger partial charge is 0.335 e. The topological polar surface area (TPSA) is 80.7 Å². The molecule has 1 aliphatic heterocycles. The van der Waals surface area contributed by atoms with Gasteiger partial charge in [0.1, 0.15) is 5.82 Å². The number of pyridine rings is 1. The number of ether oxygens (including phenoxy) is 2. The zero-order chi connectivity index (χ0) is 14.8. The normalized spacial score (nSPS) is 12.2. The lowest BCUT2D eigenvalue weighted by molar-refractivity contribution is 0.0696. The van der Waals surface area contributed by atoms with Crippen LogP contribution in [0.5, 0.6) is 11.5 Å². The van der Waals surface area contributed by atoms with Gasteiger partial charge in [-0.05, 0) is 36.8 Å². The van der Waals surface area contributed by atoms with Gasteiger partial charge in [0.2, 0.25) is 6.79 Å². The molecule has 0 saturated carbocycles. The maximum atomic E-state index is 11.0. The molecule has 108 valence electrons. The van der Waals surface area contributed by atoms with Crippen molar-refractivity contribution in [1.82, 2.24) is 4.98 Å². The van der Waals surface area contributed by atoms with E-state index in [0.717, 1.165) is 17.1 Å². The molecule has 0 fully saturated rings. The second kappa shape index (κ2) is 5.32. The second-order valence-electron chi connectivity index (χ2n) is 4.73. The molecule has 2 aromatic rings. The molecule has 2 N–H and O–H groups in total. The average molecular weight is 286 g/mol. The van der Waals surface area contributed by atoms with Crippen molar-refractivity contribution in [2.24, 2.45) is 0 Å². The first kappa shape index (κ1) is 13.2. The molecule has 0 saturated heterocycles. The van der Waals surface area contributed by atoms with Crippen molar-refractivity contribution < 1.29 is 19.4 Å². The van der Waals surface area contributed by atoms with E-state index in [1.807, 2.05) is 18.2 Å². The highest BCUT2D eigenvalue weighted by Gasteiger charge is 2.13. The summed E-state index contributed by atoms with van der Waals surface area (Å²) in [6, 6.07) is 8.72. The summed E-state index contributed by atoms with van der Waals surface area (Å²) in [6.45, 7) is 2.53. The number of benzene rings is 1. The molecule has 1 aliphatic rings.